The van der Waals surface area contributed by atoms with Crippen molar-refractivity contribution >= 4 is 5.97 Å². The number of H-pyrrole nitrogens is 1. The van der Waals surface area contributed by atoms with Crippen LogP contribution in [0.25, 0.3) is 11.3 Å². The highest BCUT2D eigenvalue weighted by molar-refractivity contribution is 5.95. The highest BCUT2D eigenvalue weighted by Gasteiger charge is 2.27. The van der Waals surface area contributed by atoms with Crippen LogP contribution in [0.5, 0.6) is 0 Å². The Morgan fingerprint density at radius 3 is 2.89 bits per heavy atom. The number of ether oxygens (including phenoxy) is 2. The van der Waals surface area contributed by atoms with Gasteiger partial charge in [-0.15, -0.1) is 0 Å². The Morgan fingerprint density at radius 1 is 1.37 bits per heavy atom. The zero-order valence-corrected chi connectivity index (χ0v) is 14.9. The largest absolute Gasteiger partial charge is 0.468 e. The third-order valence-corrected chi connectivity index (χ3v) is 4.76. The van der Waals surface area contributed by atoms with Gasteiger partial charge in [0.2, 0.25) is 0 Å². The van der Waals surface area contributed by atoms with Crippen molar-refractivity contribution in [1.29, 1.82) is 0 Å². The number of furan rings is 1. The number of aromatic amines is 1. The van der Waals surface area contributed by atoms with E-state index in [9.17, 15) is 9.59 Å². The molecule has 0 spiro atoms. The van der Waals surface area contributed by atoms with Crippen LogP contribution in [0.2, 0.25) is 0 Å². The number of hydrogen-bond donors (Lipinski definition) is 1. The van der Waals surface area contributed by atoms with Gasteiger partial charge in [0.1, 0.15) is 17.0 Å². The van der Waals surface area contributed by atoms with Crippen LogP contribution in [0, 0.1) is 0 Å². The van der Waals surface area contributed by atoms with Gasteiger partial charge in [0.05, 0.1) is 38.2 Å². The van der Waals surface area contributed by atoms with E-state index in [1.807, 2.05) is 16.7 Å². The van der Waals surface area contributed by atoms with Crippen molar-refractivity contribution in [1.82, 2.24) is 19.7 Å². The predicted octanol–water partition coefficient (Wildman–Crippen LogP) is 1.13. The lowest BCUT2D eigenvalue weighted by Gasteiger charge is -2.33. The van der Waals surface area contributed by atoms with Gasteiger partial charge in [-0.25, -0.2) is 9.89 Å². The average molecular weight is 372 g/mol. The number of rotatable bonds is 5. The topological polar surface area (TPSA) is 103 Å². The van der Waals surface area contributed by atoms with Gasteiger partial charge in [0.15, 0.2) is 0 Å². The van der Waals surface area contributed by atoms with Crippen molar-refractivity contribution in [2.24, 2.45) is 0 Å². The molecule has 9 nitrogen and oxygen atoms in total. The Hall–Kier alpha value is -2.91. The quantitative estimate of drug-likeness (QED) is 0.670. The Bertz CT molecular complexity index is 939. The summed E-state index contributed by atoms with van der Waals surface area (Å²) in [5.41, 5.74) is 0.557. The fourth-order valence-corrected chi connectivity index (χ4v) is 3.41. The fourth-order valence-electron chi connectivity index (χ4n) is 3.41. The highest BCUT2D eigenvalue weighted by atomic mass is 16.5. The molecule has 1 fully saturated rings. The van der Waals surface area contributed by atoms with E-state index in [0.717, 1.165) is 18.8 Å². The molecule has 0 amide bonds. The molecule has 1 atom stereocenters. The van der Waals surface area contributed by atoms with E-state index in [0.29, 0.717) is 31.0 Å². The number of methoxy groups -OCH3 is 1. The summed E-state index contributed by atoms with van der Waals surface area (Å²) >= 11 is 0. The third-order valence-electron chi connectivity index (χ3n) is 4.76. The van der Waals surface area contributed by atoms with Crippen molar-refractivity contribution in [2.45, 2.75) is 12.6 Å². The van der Waals surface area contributed by atoms with E-state index in [1.165, 1.54) is 7.11 Å². The van der Waals surface area contributed by atoms with Crippen molar-refractivity contribution in [3.05, 3.63) is 52.5 Å². The van der Waals surface area contributed by atoms with Gasteiger partial charge in [-0.3, -0.25) is 9.69 Å². The first-order valence-corrected chi connectivity index (χ1v) is 8.69. The molecule has 3 aliphatic heterocycles. The summed E-state index contributed by atoms with van der Waals surface area (Å²) in [6.45, 7) is 3.35. The number of morpholine rings is 1. The first-order chi connectivity index (χ1) is 13.2. The maximum Gasteiger partial charge on any atom is 0.341 e. The molecule has 1 unspecified atom stereocenters. The number of esters is 1. The molecule has 0 saturated carbocycles. The van der Waals surface area contributed by atoms with Crippen molar-refractivity contribution in [2.75, 3.05) is 33.4 Å². The van der Waals surface area contributed by atoms with Crippen LogP contribution in [-0.4, -0.2) is 59.0 Å². The standard InChI is InChI=1S/C18H20N4O5/c1-25-18(24)13-10-21(9-12-16(13)19-20-17(12)23)11-14(15-3-2-6-27-15)22-4-7-26-8-5-22/h2-3,6,9-10,14H,4-5,7-8,11H2,1H3,(H,20,23). The molecule has 0 aliphatic carbocycles. The SMILES string of the molecule is COC(=O)c1cn(CC(c2ccco2)N2CCOCC2)cc2c(=O)[nH]nc1-2. The van der Waals surface area contributed by atoms with Crippen LogP contribution < -0.4 is 5.56 Å². The minimum Gasteiger partial charge on any atom is -0.468 e. The number of nitrogens with one attached hydrogen (secondary N) is 1. The van der Waals surface area contributed by atoms with E-state index in [4.69, 9.17) is 13.9 Å². The first kappa shape index (κ1) is 17.5. The van der Waals surface area contributed by atoms with Gasteiger partial charge in [-0.2, -0.15) is 5.10 Å². The van der Waals surface area contributed by atoms with Gasteiger partial charge in [-0.05, 0) is 12.1 Å². The number of carbonyl (C=O) groups excluding carboxylic acids is 1. The molecule has 3 aliphatic rings. The van der Waals surface area contributed by atoms with E-state index in [1.54, 1.807) is 18.7 Å². The number of carbonyl (C=O) groups is 1. The molecule has 0 aromatic carbocycles. The molecule has 142 valence electrons. The zero-order valence-electron chi connectivity index (χ0n) is 14.9. The average Bonchev–Trinajstić information content (AvgIpc) is 3.36. The second kappa shape index (κ2) is 7.37. The van der Waals surface area contributed by atoms with Crippen molar-refractivity contribution in [3.8, 4) is 11.3 Å². The molecular weight excluding hydrogens is 352 g/mol. The Labute approximate surface area is 154 Å². The molecular formula is C18H20N4O5. The van der Waals surface area contributed by atoms with Gasteiger partial charge in [-0.1, -0.05) is 0 Å². The summed E-state index contributed by atoms with van der Waals surface area (Å²) in [5.74, 6) is 0.278. The minimum absolute atomic E-state index is 0.0566. The lowest BCUT2D eigenvalue weighted by molar-refractivity contribution is 0.00746. The van der Waals surface area contributed by atoms with Gasteiger partial charge in [0.25, 0.3) is 5.56 Å². The third kappa shape index (κ3) is 3.38. The van der Waals surface area contributed by atoms with E-state index < -0.39 is 5.97 Å². The van der Waals surface area contributed by atoms with Crippen LogP contribution in [0.1, 0.15) is 22.2 Å². The lowest BCUT2D eigenvalue weighted by atomic mass is 10.1. The monoisotopic (exact) mass is 372 g/mol. The second-order valence-corrected chi connectivity index (χ2v) is 6.35. The number of nitrogens with zero attached hydrogens (tertiary/aromatic N) is 3. The van der Waals surface area contributed by atoms with Crippen molar-refractivity contribution in [3.63, 3.8) is 0 Å². The van der Waals surface area contributed by atoms with Gasteiger partial charge >= 0.3 is 5.97 Å². The Morgan fingerprint density at radius 2 is 2.19 bits per heavy atom. The summed E-state index contributed by atoms with van der Waals surface area (Å²) in [6.07, 6.45) is 5.00. The van der Waals surface area contributed by atoms with Crippen molar-refractivity contribution < 1.29 is 18.7 Å². The maximum absolute atomic E-state index is 12.2. The summed E-state index contributed by atoms with van der Waals surface area (Å²) in [6, 6.07) is 3.72. The number of aromatic nitrogens is 3. The molecule has 1 N–H and O–H groups in total. The molecule has 1 aromatic heterocycles. The molecule has 1 saturated heterocycles. The molecule has 0 bridgehead atoms. The van der Waals surface area contributed by atoms with Crippen LogP contribution in [0.3, 0.4) is 0 Å². The molecule has 27 heavy (non-hydrogen) atoms. The lowest BCUT2D eigenvalue weighted by Crippen LogP contribution is -2.40. The summed E-state index contributed by atoms with van der Waals surface area (Å²) in [5, 5.41) is 6.35. The molecule has 4 heterocycles. The molecule has 4 rings (SSSR count). The van der Waals surface area contributed by atoms with Crippen LogP contribution >= 0.6 is 0 Å². The smallest absolute Gasteiger partial charge is 0.341 e. The van der Waals surface area contributed by atoms with Crippen LogP contribution in [0.15, 0.2) is 40.0 Å². The van der Waals surface area contributed by atoms with Crippen LogP contribution in [0.4, 0.5) is 0 Å². The Kier molecular flexibility index (Phi) is 4.78. The van der Waals surface area contributed by atoms with E-state index >= 15 is 0 Å². The number of fused-ring (bicyclic) bond motifs is 1. The molecule has 1 aromatic rings. The molecule has 0 radical (unpaired) electrons. The fraction of sp³-hybridized carbons (Fsp3) is 0.389. The first-order valence-electron chi connectivity index (χ1n) is 8.69. The number of pyridine rings is 1. The molecule has 9 heteroatoms. The minimum atomic E-state index is -0.540. The normalized spacial score (nSPS) is 16.5. The van der Waals surface area contributed by atoms with Gasteiger partial charge in [0, 0.05) is 32.0 Å². The summed E-state index contributed by atoms with van der Waals surface area (Å²) < 4.78 is 17.8. The highest BCUT2D eigenvalue weighted by Crippen LogP contribution is 2.27. The van der Waals surface area contributed by atoms with E-state index in [2.05, 4.69) is 15.1 Å². The maximum atomic E-state index is 12.2. The summed E-state index contributed by atoms with van der Waals surface area (Å²) in [7, 11) is 1.30. The van der Waals surface area contributed by atoms with Gasteiger partial charge < -0.3 is 18.5 Å². The summed E-state index contributed by atoms with van der Waals surface area (Å²) in [4.78, 5) is 26.5. The van der Waals surface area contributed by atoms with Crippen LogP contribution in [-0.2, 0) is 16.0 Å². The predicted molar refractivity (Wildman–Crippen MR) is 94.7 cm³/mol. The number of hydrogen-bond acceptors (Lipinski definition) is 7. The van der Waals surface area contributed by atoms with E-state index in [-0.39, 0.29) is 17.2 Å². The second-order valence-electron chi connectivity index (χ2n) is 6.35. The zero-order chi connectivity index (χ0) is 18.8. The Balaban J connectivity index is 1.73.